The Morgan fingerprint density at radius 1 is 0.892 bits per heavy atom. The van der Waals surface area contributed by atoms with Gasteiger partial charge < -0.3 is 19.4 Å². The van der Waals surface area contributed by atoms with Crippen molar-refractivity contribution in [3.05, 3.63) is 42.5 Å². The van der Waals surface area contributed by atoms with Gasteiger partial charge in [-0.05, 0) is 31.4 Å². The Morgan fingerprint density at radius 3 is 2.41 bits per heavy atom. The molecule has 37 heavy (non-hydrogen) atoms. The van der Waals surface area contributed by atoms with E-state index in [9.17, 15) is 9.59 Å². The number of ether oxygens (including phenoxy) is 1. The number of hydrogen-bond acceptors (Lipinski definition) is 7. The third kappa shape index (κ3) is 6.64. The summed E-state index contributed by atoms with van der Waals surface area (Å²) in [5.41, 5.74) is 1.90. The SMILES string of the molecule is O=C(CN(CCN1CCOCC1)C(=O)C1CCC1)N1CCCN(c2ccc(-c3ccccc3)nn2)CC1. The number of amides is 2. The number of nitrogens with zero attached hydrogens (tertiary/aromatic N) is 6. The van der Waals surface area contributed by atoms with Gasteiger partial charge >= 0.3 is 0 Å². The highest BCUT2D eigenvalue weighted by Gasteiger charge is 2.32. The minimum absolute atomic E-state index is 0.0435. The lowest BCUT2D eigenvalue weighted by molar-refractivity contribution is -0.145. The van der Waals surface area contributed by atoms with Gasteiger partial charge in [-0.25, -0.2) is 0 Å². The van der Waals surface area contributed by atoms with Gasteiger partial charge in [0.1, 0.15) is 0 Å². The van der Waals surface area contributed by atoms with Gasteiger partial charge in [0, 0.05) is 63.8 Å². The lowest BCUT2D eigenvalue weighted by atomic mass is 9.84. The highest BCUT2D eigenvalue weighted by molar-refractivity contribution is 5.86. The van der Waals surface area contributed by atoms with Crippen LogP contribution >= 0.6 is 0 Å². The molecule has 0 bridgehead atoms. The molecule has 0 unspecified atom stereocenters. The molecule has 3 fully saturated rings. The first-order valence-electron chi connectivity index (χ1n) is 13.7. The van der Waals surface area contributed by atoms with E-state index in [0.29, 0.717) is 26.2 Å². The molecule has 1 saturated carbocycles. The molecule has 0 spiro atoms. The van der Waals surface area contributed by atoms with Crippen molar-refractivity contribution in [2.45, 2.75) is 25.7 Å². The summed E-state index contributed by atoms with van der Waals surface area (Å²) in [6.45, 7) is 7.65. The smallest absolute Gasteiger partial charge is 0.242 e. The lowest BCUT2D eigenvalue weighted by Gasteiger charge is -2.35. The van der Waals surface area contributed by atoms with E-state index in [1.807, 2.05) is 52.3 Å². The Kier molecular flexibility index (Phi) is 8.63. The van der Waals surface area contributed by atoms with Crippen LogP contribution in [0.2, 0.25) is 0 Å². The number of carbonyl (C=O) groups excluding carboxylic acids is 2. The molecule has 2 aromatic rings. The highest BCUT2D eigenvalue weighted by atomic mass is 16.5. The van der Waals surface area contributed by atoms with E-state index in [2.05, 4.69) is 20.0 Å². The molecular formula is C28H38N6O3. The van der Waals surface area contributed by atoms with Crippen molar-refractivity contribution in [3.8, 4) is 11.3 Å². The van der Waals surface area contributed by atoms with Crippen LogP contribution in [0.15, 0.2) is 42.5 Å². The summed E-state index contributed by atoms with van der Waals surface area (Å²) < 4.78 is 5.45. The van der Waals surface area contributed by atoms with Crippen LogP contribution in [0.4, 0.5) is 5.82 Å². The molecule has 0 radical (unpaired) electrons. The second-order valence-electron chi connectivity index (χ2n) is 10.2. The number of anilines is 1. The van der Waals surface area contributed by atoms with E-state index < -0.39 is 0 Å². The minimum Gasteiger partial charge on any atom is -0.379 e. The normalized spacial score (nSPS) is 19.2. The van der Waals surface area contributed by atoms with Crippen molar-refractivity contribution in [2.75, 3.05) is 77.0 Å². The summed E-state index contributed by atoms with van der Waals surface area (Å²) in [5, 5.41) is 8.90. The largest absolute Gasteiger partial charge is 0.379 e. The van der Waals surface area contributed by atoms with E-state index in [1.54, 1.807) is 0 Å². The van der Waals surface area contributed by atoms with Gasteiger partial charge in [-0.2, -0.15) is 0 Å². The van der Waals surface area contributed by atoms with Crippen molar-refractivity contribution in [3.63, 3.8) is 0 Å². The van der Waals surface area contributed by atoms with E-state index >= 15 is 0 Å². The lowest BCUT2D eigenvalue weighted by Crippen LogP contribution is -2.50. The maximum Gasteiger partial charge on any atom is 0.242 e. The van der Waals surface area contributed by atoms with Gasteiger partial charge in [-0.3, -0.25) is 14.5 Å². The number of hydrogen-bond donors (Lipinski definition) is 0. The van der Waals surface area contributed by atoms with Gasteiger partial charge in [0.05, 0.1) is 25.5 Å². The predicted molar refractivity (Wildman–Crippen MR) is 142 cm³/mol. The van der Waals surface area contributed by atoms with Crippen LogP contribution in [0.5, 0.6) is 0 Å². The zero-order valence-electron chi connectivity index (χ0n) is 21.6. The summed E-state index contributed by atoms with van der Waals surface area (Å²) in [7, 11) is 0. The van der Waals surface area contributed by atoms with E-state index in [4.69, 9.17) is 4.74 Å². The monoisotopic (exact) mass is 506 g/mol. The average Bonchev–Trinajstić information content (AvgIpc) is 3.18. The number of carbonyl (C=O) groups is 2. The average molecular weight is 507 g/mol. The fourth-order valence-electron chi connectivity index (χ4n) is 5.18. The molecule has 9 heteroatoms. The Bertz CT molecular complexity index is 1020. The fraction of sp³-hybridized carbons (Fsp3) is 0.571. The van der Waals surface area contributed by atoms with Crippen LogP contribution < -0.4 is 4.90 Å². The second-order valence-corrected chi connectivity index (χ2v) is 10.2. The summed E-state index contributed by atoms with van der Waals surface area (Å²) in [4.78, 5) is 34.7. The van der Waals surface area contributed by atoms with Crippen molar-refractivity contribution in [2.24, 2.45) is 5.92 Å². The van der Waals surface area contributed by atoms with Crippen molar-refractivity contribution < 1.29 is 14.3 Å². The summed E-state index contributed by atoms with van der Waals surface area (Å²) in [6, 6.07) is 14.0. The molecular weight excluding hydrogens is 468 g/mol. The number of rotatable bonds is 8. The maximum atomic E-state index is 13.3. The first-order valence-corrected chi connectivity index (χ1v) is 13.7. The molecule has 9 nitrogen and oxygen atoms in total. The van der Waals surface area contributed by atoms with Gasteiger partial charge in [-0.15, -0.1) is 10.2 Å². The zero-order valence-corrected chi connectivity index (χ0v) is 21.6. The Labute approximate surface area is 219 Å². The first-order chi connectivity index (χ1) is 18.2. The molecule has 2 aliphatic heterocycles. The summed E-state index contributed by atoms with van der Waals surface area (Å²) in [6.07, 6.45) is 3.87. The number of aromatic nitrogens is 2. The van der Waals surface area contributed by atoms with Gasteiger partial charge in [0.2, 0.25) is 11.8 Å². The van der Waals surface area contributed by atoms with Crippen LogP contribution in [-0.4, -0.2) is 109 Å². The molecule has 5 rings (SSSR count). The molecule has 2 saturated heterocycles. The zero-order chi connectivity index (χ0) is 25.5. The van der Waals surface area contributed by atoms with Crippen LogP contribution in [0.3, 0.4) is 0 Å². The Balaban J connectivity index is 1.16. The van der Waals surface area contributed by atoms with Crippen LogP contribution in [0.25, 0.3) is 11.3 Å². The van der Waals surface area contributed by atoms with E-state index in [0.717, 1.165) is 82.2 Å². The molecule has 1 aromatic carbocycles. The standard InChI is InChI=1S/C28H38N6O3/c35-27(22-34(28(36)24-8-4-9-24)15-14-31-18-20-37-21-19-31)33-13-5-12-32(16-17-33)26-11-10-25(29-30-26)23-6-2-1-3-7-23/h1-3,6-7,10-11,24H,4-5,8-9,12-22H2. The minimum atomic E-state index is 0.0435. The van der Waals surface area contributed by atoms with Gasteiger partial charge in [0.15, 0.2) is 5.82 Å². The van der Waals surface area contributed by atoms with Crippen molar-refractivity contribution >= 4 is 17.6 Å². The van der Waals surface area contributed by atoms with E-state index in [1.165, 1.54) is 0 Å². The van der Waals surface area contributed by atoms with Crippen LogP contribution in [0, 0.1) is 5.92 Å². The number of benzene rings is 1. The molecule has 2 amide bonds. The van der Waals surface area contributed by atoms with Gasteiger partial charge in [0.25, 0.3) is 0 Å². The Morgan fingerprint density at radius 2 is 1.70 bits per heavy atom. The topological polar surface area (TPSA) is 82.1 Å². The quantitative estimate of drug-likeness (QED) is 0.543. The van der Waals surface area contributed by atoms with E-state index in [-0.39, 0.29) is 24.3 Å². The molecule has 1 aliphatic carbocycles. The van der Waals surface area contributed by atoms with Crippen LogP contribution in [0.1, 0.15) is 25.7 Å². The third-order valence-electron chi connectivity index (χ3n) is 7.77. The second kappa shape index (κ2) is 12.5. The van der Waals surface area contributed by atoms with Crippen molar-refractivity contribution in [1.82, 2.24) is 24.9 Å². The third-order valence-corrected chi connectivity index (χ3v) is 7.77. The highest BCUT2D eigenvalue weighted by Crippen LogP contribution is 2.28. The molecule has 3 heterocycles. The Hall–Kier alpha value is -3.04. The van der Waals surface area contributed by atoms with Gasteiger partial charge in [-0.1, -0.05) is 36.8 Å². The fourth-order valence-corrected chi connectivity index (χ4v) is 5.18. The molecule has 0 N–H and O–H groups in total. The molecule has 3 aliphatic rings. The number of morpholine rings is 1. The van der Waals surface area contributed by atoms with Crippen molar-refractivity contribution in [1.29, 1.82) is 0 Å². The maximum absolute atomic E-state index is 13.3. The summed E-state index contributed by atoms with van der Waals surface area (Å²) >= 11 is 0. The molecule has 1 aromatic heterocycles. The summed E-state index contributed by atoms with van der Waals surface area (Å²) in [5.74, 6) is 1.12. The molecule has 198 valence electrons. The predicted octanol–water partition coefficient (Wildman–Crippen LogP) is 2.14. The first kappa shape index (κ1) is 25.6. The van der Waals surface area contributed by atoms with Crippen LogP contribution in [-0.2, 0) is 14.3 Å². The molecule has 0 atom stereocenters.